The monoisotopic (exact) mass is 626 g/mol. The van der Waals surface area contributed by atoms with Gasteiger partial charge in [0.2, 0.25) is 0 Å². The van der Waals surface area contributed by atoms with Gasteiger partial charge in [-0.25, -0.2) is 0 Å². The summed E-state index contributed by atoms with van der Waals surface area (Å²) in [6, 6.07) is 63.1. The van der Waals surface area contributed by atoms with Gasteiger partial charge in [-0.2, -0.15) is 0 Å². The lowest BCUT2D eigenvalue weighted by Crippen LogP contribution is -2.23. The molecule has 0 aliphatic heterocycles. The highest BCUT2D eigenvalue weighted by Gasteiger charge is 2.40. The summed E-state index contributed by atoms with van der Waals surface area (Å²) in [5.74, 6) is 0. The molecule has 8 aromatic rings. The molecule has 9 rings (SSSR count). The number of hydrogen-bond acceptors (Lipinski definition) is 0. The molecule has 0 radical (unpaired) electrons. The molecule has 0 N–H and O–H groups in total. The Labute approximate surface area is 289 Å². The van der Waals surface area contributed by atoms with Gasteiger partial charge in [0.1, 0.15) is 0 Å². The minimum absolute atomic E-state index is 0.0114. The molecule has 0 aromatic heterocycles. The zero-order valence-electron chi connectivity index (χ0n) is 28.1. The molecule has 0 amide bonds. The molecule has 0 nitrogen and oxygen atoms in total. The van der Waals surface area contributed by atoms with E-state index < -0.39 is 0 Å². The van der Waals surface area contributed by atoms with Crippen LogP contribution in [0.3, 0.4) is 0 Å². The second-order valence-electron chi connectivity index (χ2n) is 13.5. The maximum absolute atomic E-state index is 2.48. The van der Waals surface area contributed by atoms with Crippen LogP contribution in [0.4, 0.5) is 0 Å². The molecule has 1 aliphatic rings. The van der Waals surface area contributed by atoms with E-state index in [0.29, 0.717) is 0 Å². The van der Waals surface area contributed by atoms with Gasteiger partial charge in [-0.05, 0) is 113 Å². The first-order chi connectivity index (χ1) is 24.2. The molecule has 1 aliphatic carbocycles. The van der Waals surface area contributed by atoms with Crippen molar-refractivity contribution in [1.29, 1.82) is 0 Å². The summed E-state index contributed by atoms with van der Waals surface area (Å²) in [5.41, 5.74) is 15.8. The van der Waals surface area contributed by atoms with Gasteiger partial charge in [0.15, 0.2) is 0 Å². The van der Waals surface area contributed by atoms with Crippen molar-refractivity contribution < 1.29 is 0 Å². The van der Waals surface area contributed by atoms with Gasteiger partial charge in [0.25, 0.3) is 0 Å². The summed E-state index contributed by atoms with van der Waals surface area (Å²) in [6.07, 6.45) is 2.13. The van der Waals surface area contributed by atoms with E-state index in [1.165, 1.54) is 88.3 Å². The Morgan fingerprint density at radius 1 is 0.327 bits per heavy atom. The van der Waals surface area contributed by atoms with Gasteiger partial charge < -0.3 is 0 Å². The first kappa shape index (κ1) is 29.4. The standard InChI is InChI=1S/C49H38/c1-3-49(4-2)47-31-39(33-19-23-37(24-20-33)43-17-9-13-35-11-5-7-15-41(35)43)27-29-45(47)46-30-28-40(32-48(46)49)34-21-25-38(26-22-34)44-18-10-14-36-12-6-8-16-42(36)44/h5-32H,3-4H2,1-2H3. The molecule has 49 heavy (non-hydrogen) atoms. The van der Waals surface area contributed by atoms with E-state index in [0.717, 1.165) is 12.8 Å². The molecule has 0 atom stereocenters. The Morgan fingerprint density at radius 2 is 0.694 bits per heavy atom. The number of benzene rings is 8. The molecule has 8 aromatic carbocycles. The third-order valence-corrected chi connectivity index (χ3v) is 11.2. The minimum Gasteiger partial charge on any atom is -0.0642 e. The second-order valence-corrected chi connectivity index (χ2v) is 13.5. The summed E-state index contributed by atoms with van der Waals surface area (Å²) in [4.78, 5) is 0. The summed E-state index contributed by atoms with van der Waals surface area (Å²) in [7, 11) is 0. The maximum Gasteiger partial charge on any atom is 0.0210 e. The van der Waals surface area contributed by atoms with E-state index in [9.17, 15) is 0 Å². The number of rotatable bonds is 6. The highest BCUT2D eigenvalue weighted by Crippen LogP contribution is 2.54. The van der Waals surface area contributed by atoms with Crippen molar-refractivity contribution in [2.45, 2.75) is 32.1 Å². The molecular weight excluding hydrogens is 589 g/mol. The first-order valence-corrected chi connectivity index (χ1v) is 17.6. The molecule has 0 heteroatoms. The number of hydrogen-bond donors (Lipinski definition) is 0. The molecule has 0 unspecified atom stereocenters. The second kappa shape index (κ2) is 11.8. The van der Waals surface area contributed by atoms with E-state index in [1.54, 1.807) is 0 Å². The fourth-order valence-corrected chi connectivity index (χ4v) is 8.50. The largest absolute Gasteiger partial charge is 0.0642 e. The fourth-order valence-electron chi connectivity index (χ4n) is 8.50. The van der Waals surface area contributed by atoms with Crippen molar-refractivity contribution in [3.63, 3.8) is 0 Å². The topological polar surface area (TPSA) is 0 Å². The van der Waals surface area contributed by atoms with Crippen molar-refractivity contribution in [2.24, 2.45) is 0 Å². The summed E-state index contributed by atoms with van der Waals surface area (Å²) in [6.45, 7) is 4.72. The highest BCUT2D eigenvalue weighted by molar-refractivity contribution is 5.98. The molecule has 234 valence electrons. The van der Waals surface area contributed by atoms with E-state index in [1.807, 2.05) is 0 Å². The normalized spacial score (nSPS) is 13.0. The molecule has 0 heterocycles. The van der Waals surface area contributed by atoms with Crippen LogP contribution in [0, 0.1) is 0 Å². The van der Waals surface area contributed by atoms with E-state index in [-0.39, 0.29) is 5.41 Å². The number of fused-ring (bicyclic) bond motifs is 5. The lowest BCUT2D eigenvalue weighted by molar-refractivity contribution is 0.491. The Bertz CT molecular complexity index is 2310. The van der Waals surface area contributed by atoms with Crippen molar-refractivity contribution in [3.05, 3.63) is 181 Å². The van der Waals surface area contributed by atoms with Crippen molar-refractivity contribution in [1.82, 2.24) is 0 Å². The molecule has 0 saturated carbocycles. The summed E-state index contributed by atoms with van der Waals surface area (Å²) >= 11 is 0. The maximum atomic E-state index is 2.48. The molecule has 0 bridgehead atoms. The van der Waals surface area contributed by atoms with Crippen molar-refractivity contribution in [3.8, 4) is 55.6 Å². The quantitative estimate of drug-likeness (QED) is 0.172. The zero-order chi connectivity index (χ0) is 33.0. The Hall–Kier alpha value is -5.72. The van der Waals surface area contributed by atoms with Crippen LogP contribution in [0.1, 0.15) is 37.8 Å². The van der Waals surface area contributed by atoms with Gasteiger partial charge in [-0.3, -0.25) is 0 Å². The molecule has 0 spiro atoms. The summed E-state index contributed by atoms with van der Waals surface area (Å²) in [5, 5.41) is 5.14. The Kier molecular flexibility index (Phi) is 7.06. The van der Waals surface area contributed by atoms with Crippen LogP contribution >= 0.6 is 0 Å². The van der Waals surface area contributed by atoms with Crippen LogP contribution in [0.25, 0.3) is 77.2 Å². The Morgan fingerprint density at radius 3 is 1.12 bits per heavy atom. The van der Waals surface area contributed by atoms with Crippen molar-refractivity contribution in [2.75, 3.05) is 0 Å². The lowest BCUT2D eigenvalue weighted by Gasteiger charge is -2.30. The van der Waals surface area contributed by atoms with Crippen LogP contribution in [-0.4, -0.2) is 0 Å². The van der Waals surface area contributed by atoms with E-state index in [4.69, 9.17) is 0 Å². The highest BCUT2D eigenvalue weighted by atomic mass is 14.4. The summed E-state index contributed by atoms with van der Waals surface area (Å²) < 4.78 is 0. The van der Waals surface area contributed by atoms with E-state index >= 15 is 0 Å². The smallest absolute Gasteiger partial charge is 0.0210 e. The SMILES string of the molecule is CCC1(CC)c2cc(-c3ccc(-c4cccc5ccccc45)cc3)ccc2-c2ccc(-c3ccc(-c4cccc5ccccc45)cc3)cc21. The van der Waals surface area contributed by atoms with E-state index in [2.05, 4.69) is 184 Å². The van der Waals surface area contributed by atoms with Crippen LogP contribution < -0.4 is 0 Å². The van der Waals surface area contributed by atoms with Crippen LogP contribution in [0.2, 0.25) is 0 Å². The zero-order valence-corrected chi connectivity index (χ0v) is 28.1. The Balaban J connectivity index is 1.06. The van der Waals surface area contributed by atoms with Gasteiger partial charge in [-0.1, -0.05) is 172 Å². The van der Waals surface area contributed by atoms with Crippen molar-refractivity contribution >= 4 is 21.5 Å². The minimum atomic E-state index is -0.0114. The third kappa shape index (κ3) is 4.74. The molecule has 0 fully saturated rings. The average molecular weight is 627 g/mol. The van der Waals surface area contributed by atoms with Crippen LogP contribution in [-0.2, 0) is 5.41 Å². The average Bonchev–Trinajstić information content (AvgIpc) is 3.46. The predicted molar refractivity (Wildman–Crippen MR) is 210 cm³/mol. The van der Waals surface area contributed by atoms with Crippen LogP contribution in [0.5, 0.6) is 0 Å². The molecular formula is C49H38. The predicted octanol–water partition coefficient (Wildman–Crippen LogP) is 13.7. The first-order valence-electron chi connectivity index (χ1n) is 17.6. The molecule has 0 saturated heterocycles. The van der Waals surface area contributed by atoms with Crippen LogP contribution in [0.15, 0.2) is 170 Å². The fraction of sp³-hybridized carbons (Fsp3) is 0.102. The van der Waals surface area contributed by atoms with Gasteiger partial charge in [0.05, 0.1) is 0 Å². The van der Waals surface area contributed by atoms with Gasteiger partial charge in [0, 0.05) is 5.41 Å². The lowest BCUT2D eigenvalue weighted by atomic mass is 9.73. The van der Waals surface area contributed by atoms with Gasteiger partial charge >= 0.3 is 0 Å². The van der Waals surface area contributed by atoms with Gasteiger partial charge in [-0.15, -0.1) is 0 Å². The third-order valence-electron chi connectivity index (χ3n) is 11.2.